The van der Waals surface area contributed by atoms with Crippen molar-refractivity contribution < 1.29 is 26.1 Å². The second-order valence-electron chi connectivity index (χ2n) is 2.63. The summed E-state index contributed by atoms with van der Waals surface area (Å²) < 4.78 is 61.1. The van der Waals surface area contributed by atoms with Crippen LogP contribution in [0.3, 0.4) is 0 Å². The summed E-state index contributed by atoms with van der Waals surface area (Å²) >= 11 is -3.21. The molecule has 0 aromatic heterocycles. The van der Waals surface area contributed by atoms with Crippen LogP contribution in [0.15, 0.2) is 30.3 Å². The third kappa shape index (κ3) is 3.61. The van der Waals surface area contributed by atoms with Crippen LogP contribution in [0.1, 0.15) is 11.7 Å². The number of hydrogen-bond acceptors (Lipinski definition) is 3. The normalized spacial score (nSPS) is 16.0. The second kappa shape index (κ2) is 4.73. The molecule has 3 nitrogen and oxygen atoms in total. The van der Waals surface area contributed by atoms with E-state index in [0.29, 0.717) is 0 Å². The summed E-state index contributed by atoms with van der Waals surface area (Å²) in [5.74, 6) is 0. The molecule has 0 aliphatic heterocycles. The molecule has 0 fully saturated rings. The lowest BCUT2D eigenvalue weighted by atomic mass is 10.1. The van der Waals surface area contributed by atoms with Gasteiger partial charge in [0.05, 0.1) is 11.4 Å². The minimum Gasteiger partial charge on any atom is -0.750 e. The molecule has 0 aliphatic rings. The molecule has 0 heterocycles. The topological polar surface area (TPSA) is 49.4 Å². The van der Waals surface area contributed by atoms with Crippen LogP contribution in [0.25, 0.3) is 0 Å². The standard InChI is InChI=1S/C8H7F3O3S/c9-8(10,11)7(14-15(12)13)6-4-2-1-3-5-6/h1-5,7H,(H,12,13)/p-1. The maximum atomic E-state index is 12.4. The van der Waals surface area contributed by atoms with Crippen LogP contribution in [-0.2, 0) is 15.5 Å². The number of hydrogen-bond donors (Lipinski definition) is 0. The predicted molar refractivity (Wildman–Crippen MR) is 45.2 cm³/mol. The van der Waals surface area contributed by atoms with Crippen molar-refractivity contribution >= 4 is 11.4 Å². The third-order valence-electron chi connectivity index (χ3n) is 1.57. The highest BCUT2D eigenvalue weighted by atomic mass is 32.2. The number of rotatable bonds is 3. The fourth-order valence-corrected chi connectivity index (χ4v) is 1.38. The van der Waals surface area contributed by atoms with Gasteiger partial charge in [-0.2, -0.15) is 13.2 Å². The van der Waals surface area contributed by atoms with Gasteiger partial charge in [-0.15, -0.1) is 0 Å². The fraction of sp³-hybridized carbons (Fsp3) is 0.250. The van der Waals surface area contributed by atoms with E-state index in [0.717, 1.165) is 12.1 Å². The average molecular weight is 239 g/mol. The first-order chi connectivity index (χ1) is 6.91. The monoisotopic (exact) mass is 239 g/mol. The first-order valence-corrected chi connectivity index (χ1v) is 4.79. The highest BCUT2D eigenvalue weighted by Gasteiger charge is 2.42. The molecular formula is C8H6F3O3S-. The number of benzene rings is 1. The van der Waals surface area contributed by atoms with Crippen LogP contribution in [-0.4, -0.2) is 14.9 Å². The van der Waals surface area contributed by atoms with Gasteiger partial charge < -0.3 is 4.55 Å². The quantitative estimate of drug-likeness (QED) is 0.759. The molecule has 15 heavy (non-hydrogen) atoms. The molecule has 2 atom stereocenters. The third-order valence-corrected chi connectivity index (χ3v) is 1.92. The van der Waals surface area contributed by atoms with Crippen LogP contribution in [0.5, 0.6) is 0 Å². The molecule has 1 aromatic carbocycles. The first-order valence-electron chi connectivity index (χ1n) is 3.79. The van der Waals surface area contributed by atoms with Crippen LogP contribution in [0, 0.1) is 0 Å². The van der Waals surface area contributed by atoms with E-state index in [9.17, 15) is 21.9 Å². The Kier molecular flexibility index (Phi) is 3.83. The van der Waals surface area contributed by atoms with Gasteiger partial charge in [0.2, 0.25) is 0 Å². The van der Waals surface area contributed by atoms with Crippen molar-refractivity contribution in [3.63, 3.8) is 0 Å². The molecule has 0 aliphatic carbocycles. The lowest BCUT2D eigenvalue weighted by Gasteiger charge is -2.21. The van der Waals surface area contributed by atoms with Gasteiger partial charge in [-0.1, -0.05) is 30.3 Å². The molecule has 0 radical (unpaired) electrons. The van der Waals surface area contributed by atoms with Crippen LogP contribution >= 0.6 is 0 Å². The Morgan fingerprint density at radius 1 is 1.27 bits per heavy atom. The summed E-state index contributed by atoms with van der Waals surface area (Å²) in [5.41, 5.74) is -0.255. The molecule has 0 amide bonds. The Labute approximate surface area is 86.4 Å². The maximum Gasteiger partial charge on any atom is 0.420 e. The number of alkyl halides is 3. The zero-order valence-corrected chi connectivity index (χ0v) is 8.05. The first kappa shape index (κ1) is 12.2. The Balaban J connectivity index is 2.97. The fourth-order valence-electron chi connectivity index (χ4n) is 1.01. The van der Waals surface area contributed by atoms with Crippen molar-refractivity contribution in [3.8, 4) is 0 Å². The Bertz CT molecular complexity index is 339. The zero-order chi connectivity index (χ0) is 11.5. The smallest absolute Gasteiger partial charge is 0.420 e. The highest BCUT2D eigenvalue weighted by Crippen LogP contribution is 2.35. The van der Waals surface area contributed by atoms with Crippen molar-refractivity contribution in [1.82, 2.24) is 0 Å². The van der Waals surface area contributed by atoms with E-state index in [1.165, 1.54) is 18.2 Å². The van der Waals surface area contributed by atoms with Gasteiger partial charge in [-0.3, -0.25) is 4.18 Å². The van der Waals surface area contributed by atoms with Gasteiger partial charge >= 0.3 is 6.18 Å². The van der Waals surface area contributed by atoms with Crippen molar-refractivity contribution in [3.05, 3.63) is 35.9 Å². The van der Waals surface area contributed by atoms with E-state index in [-0.39, 0.29) is 5.56 Å². The van der Waals surface area contributed by atoms with Gasteiger partial charge in [-0.05, 0) is 5.56 Å². The zero-order valence-electron chi connectivity index (χ0n) is 7.23. The Morgan fingerprint density at radius 2 is 1.80 bits per heavy atom. The Hall–Kier alpha value is -0.920. The minimum atomic E-state index is -4.76. The molecule has 2 unspecified atom stereocenters. The summed E-state index contributed by atoms with van der Waals surface area (Å²) in [6.45, 7) is 0. The summed E-state index contributed by atoms with van der Waals surface area (Å²) in [7, 11) is 0. The predicted octanol–water partition coefficient (Wildman–Crippen LogP) is 2.10. The summed E-state index contributed by atoms with van der Waals surface area (Å²) in [6, 6.07) is 6.54. The van der Waals surface area contributed by atoms with E-state index in [1.54, 1.807) is 0 Å². The highest BCUT2D eigenvalue weighted by molar-refractivity contribution is 7.74. The molecule has 7 heteroatoms. The molecule has 0 spiro atoms. The van der Waals surface area contributed by atoms with E-state index in [4.69, 9.17) is 0 Å². The van der Waals surface area contributed by atoms with E-state index >= 15 is 0 Å². The molecule has 1 rings (SSSR count). The molecule has 84 valence electrons. The lowest BCUT2D eigenvalue weighted by molar-refractivity contribution is -0.197. The van der Waals surface area contributed by atoms with E-state index in [1.807, 2.05) is 0 Å². The van der Waals surface area contributed by atoms with Crippen LogP contribution in [0.2, 0.25) is 0 Å². The second-order valence-corrected chi connectivity index (χ2v) is 3.23. The minimum absolute atomic E-state index is 0.255. The molecule has 0 N–H and O–H groups in total. The number of halogens is 3. The van der Waals surface area contributed by atoms with Gasteiger partial charge in [-0.25, -0.2) is 4.21 Å². The SMILES string of the molecule is O=S([O-])OC(c1ccccc1)C(F)(F)F. The van der Waals surface area contributed by atoms with Crippen molar-refractivity contribution in [2.75, 3.05) is 0 Å². The van der Waals surface area contributed by atoms with Gasteiger partial charge in [0.15, 0.2) is 6.10 Å². The molecule has 1 aromatic rings. The molecule has 0 saturated carbocycles. The molecule has 0 bridgehead atoms. The summed E-state index contributed by atoms with van der Waals surface area (Å²) in [4.78, 5) is 0. The summed E-state index contributed by atoms with van der Waals surface area (Å²) in [6.07, 6.45) is -7.21. The van der Waals surface area contributed by atoms with E-state index < -0.39 is 23.6 Å². The van der Waals surface area contributed by atoms with Crippen LogP contribution in [0.4, 0.5) is 13.2 Å². The van der Waals surface area contributed by atoms with E-state index in [2.05, 4.69) is 4.18 Å². The molecule has 0 saturated heterocycles. The van der Waals surface area contributed by atoms with Gasteiger partial charge in [0.25, 0.3) is 0 Å². The average Bonchev–Trinajstić information content (AvgIpc) is 2.14. The Morgan fingerprint density at radius 3 is 2.20 bits per heavy atom. The summed E-state index contributed by atoms with van der Waals surface area (Å²) in [5, 5.41) is 0. The largest absolute Gasteiger partial charge is 0.750 e. The van der Waals surface area contributed by atoms with Gasteiger partial charge in [0.1, 0.15) is 0 Å². The van der Waals surface area contributed by atoms with Crippen LogP contribution < -0.4 is 0 Å². The van der Waals surface area contributed by atoms with Crippen molar-refractivity contribution in [2.24, 2.45) is 0 Å². The maximum absolute atomic E-state index is 12.4. The van der Waals surface area contributed by atoms with Gasteiger partial charge in [0, 0.05) is 0 Å². The lowest BCUT2D eigenvalue weighted by Crippen LogP contribution is -2.24. The van der Waals surface area contributed by atoms with Crippen molar-refractivity contribution in [2.45, 2.75) is 12.3 Å². The van der Waals surface area contributed by atoms with Crippen molar-refractivity contribution in [1.29, 1.82) is 0 Å². The molecular weight excluding hydrogens is 233 g/mol.